The summed E-state index contributed by atoms with van der Waals surface area (Å²) in [4.78, 5) is 12.4. The topological polar surface area (TPSA) is 78.5 Å². The molecule has 0 bridgehead atoms. The van der Waals surface area contributed by atoms with Gasteiger partial charge < -0.3 is 0 Å². The van der Waals surface area contributed by atoms with Crippen LogP contribution in [0.2, 0.25) is 15.1 Å². The first-order chi connectivity index (χ1) is 12.5. The summed E-state index contributed by atoms with van der Waals surface area (Å²) in [5, 5.41) is 0.849. The highest BCUT2D eigenvalue weighted by molar-refractivity contribution is 7.89. The SMILES string of the molecule is CC(C)N(C)S(=O)(=O)c1ccc(C(=O)NNc2c(Cl)cc(Cl)cc2Cl)cc1. The molecule has 0 aliphatic heterocycles. The predicted molar refractivity (Wildman–Crippen MR) is 109 cm³/mol. The number of halogens is 3. The van der Waals surface area contributed by atoms with E-state index in [4.69, 9.17) is 34.8 Å². The second-order valence-corrected chi connectivity index (χ2v) is 9.21. The number of carbonyl (C=O) groups excluding carboxylic acids is 1. The molecule has 6 nitrogen and oxygen atoms in total. The molecule has 2 rings (SSSR count). The van der Waals surface area contributed by atoms with E-state index in [-0.39, 0.29) is 26.5 Å². The van der Waals surface area contributed by atoms with Gasteiger partial charge in [0.25, 0.3) is 5.91 Å². The van der Waals surface area contributed by atoms with Crippen molar-refractivity contribution in [1.82, 2.24) is 9.73 Å². The molecule has 0 unspecified atom stereocenters. The molecule has 0 spiro atoms. The Kier molecular flexibility index (Phi) is 6.99. The molecule has 0 aliphatic carbocycles. The van der Waals surface area contributed by atoms with Gasteiger partial charge in [-0.15, -0.1) is 0 Å². The lowest BCUT2D eigenvalue weighted by atomic mass is 10.2. The molecule has 0 aromatic heterocycles. The summed E-state index contributed by atoms with van der Waals surface area (Å²) < 4.78 is 26.1. The molecule has 27 heavy (non-hydrogen) atoms. The van der Waals surface area contributed by atoms with Gasteiger partial charge in [-0.25, -0.2) is 8.42 Å². The Morgan fingerprint density at radius 3 is 2.04 bits per heavy atom. The standard InChI is InChI=1S/C17H18Cl3N3O3S/c1-10(2)23(3)27(25,26)13-6-4-11(5-7-13)17(24)22-21-16-14(19)8-12(18)9-15(16)20/h4-10,21H,1-3H3,(H,22,24). The molecule has 2 N–H and O–H groups in total. The molecule has 0 aliphatic rings. The van der Waals surface area contributed by atoms with Crippen molar-refractivity contribution in [3.63, 3.8) is 0 Å². The minimum absolute atomic E-state index is 0.104. The van der Waals surface area contributed by atoms with E-state index in [1.54, 1.807) is 13.8 Å². The van der Waals surface area contributed by atoms with Crippen LogP contribution in [0.1, 0.15) is 24.2 Å². The van der Waals surface area contributed by atoms with Gasteiger partial charge in [-0.2, -0.15) is 4.31 Å². The fraction of sp³-hybridized carbons (Fsp3) is 0.235. The van der Waals surface area contributed by atoms with Crippen molar-refractivity contribution in [1.29, 1.82) is 0 Å². The van der Waals surface area contributed by atoms with E-state index in [0.29, 0.717) is 10.7 Å². The van der Waals surface area contributed by atoms with Gasteiger partial charge in [0, 0.05) is 23.7 Å². The number of carbonyl (C=O) groups is 1. The second kappa shape index (κ2) is 8.67. The van der Waals surface area contributed by atoms with Crippen LogP contribution in [0.25, 0.3) is 0 Å². The average Bonchev–Trinajstić information content (AvgIpc) is 2.59. The molecule has 1 amide bonds. The van der Waals surface area contributed by atoms with Crippen LogP contribution < -0.4 is 10.9 Å². The summed E-state index contributed by atoms with van der Waals surface area (Å²) in [5.41, 5.74) is 5.65. The third-order valence-electron chi connectivity index (χ3n) is 3.83. The lowest BCUT2D eigenvalue weighted by Gasteiger charge is -2.21. The Morgan fingerprint density at radius 2 is 1.56 bits per heavy atom. The first-order valence-electron chi connectivity index (χ1n) is 7.83. The van der Waals surface area contributed by atoms with Crippen molar-refractivity contribution in [2.24, 2.45) is 0 Å². The average molecular weight is 451 g/mol. The van der Waals surface area contributed by atoms with Gasteiger partial charge in [0.1, 0.15) is 0 Å². The van der Waals surface area contributed by atoms with Crippen LogP contribution in [0.15, 0.2) is 41.3 Å². The van der Waals surface area contributed by atoms with Crippen LogP contribution in [0, 0.1) is 0 Å². The van der Waals surface area contributed by atoms with E-state index in [0.717, 1.165) is 0 Å². The van der Waals surface area contributed by atoms with Gasteiger partial charge in [0.2, 0.25) is 10.0 Å². The van der Waals surface area contributed by atoms with Crippen LogP contribution in [0.4, 0.5) is 5.69 Å². The maximum Gasteiger partial charge on any atom is 0.269 e. The third-order valence-corrected chi connectivity index (χ3v) is 6.69. The number of nitrogens with zero attached hydrogens (tertiary/aromatic N) is 1. The zero-order valence-corrected chi connectivity index (χ0v) is 17.8. The van der Waals surface area contributed by atoms with Crippen molar-refractivity contribution in [3.8, 4) is 0 Å². The molecular weight excluding hydrogens is 433 g/mol. The minimum atomic E-state index is -3.61. The molecule has 146 valence electrons. The summed E-state index contributed by atoms with van der Waals surface area (Å²) >= 11 is 17.9. The molecule has 10 heteroatoms. The molecule has 2 aromatic rings. The molecule has 2 aromatic carbocycles. The number of nitrogens with one attached hydrogen (secondary N) is 2. The quantitative estimate of drug-likeness (QED) is 0.638. The number of hydrogen-bond donors (Lipinski definition) is 2. The van der Waals surface area contributed by atoms with Crippen molar-refractivity contribution < 1.29 is 13.2 Å². The zero-order chi connectivity index (χ0) is 20.4. The Balaban J connectivity index is 2.13. The zero-order valence-electron chi connectivity index (χ0n) is 14.8. The number of anilines is 1. The Labute approximate surface area is 173 Å². The highest BCUT2D eigenvalue weighted by atomic mass is 35.5. The third kappa shape index (κ3) is 5.06. The lowest BCUT2D eigenvalue weighted by molar-refractivity contribution is 0.0962. The predicted octanol–water partition coefficient (Wildman–Crippen LogP) is 4.43. The number of hydrogen-bond acceptors (Lipinski definition) is 4. The van der Waals surface area contributed by atoms with Crippen LogP contribution in [-0.4, -0.2) is 31.7 Å². The molecule has 0 fully saturated rings. The number of sulfonamides is 1. The van der Waals surface area contributed by atoms with Gasteiger partial charge in [0.15, 0.2) is 0 Å². The van der Waals surface area contributed by atoms with E-state index in [1.807, 2.05) is 0 Å². The van der Waals surface area contributed by atoms with E-state index < -0.39 is 15.9 Å². The van der Waals surface area contributed by atoms with Crippen LogP contribution in [0.5, 0.6) is 0 Å². The van der Waals surface area contributed by atoms with Crippen LogP contribution in [0.3, 0.4) is 0 Å². The fourth-order valence-corrected chi connectivity index (χ4v) is 4.35. The van der Waals surface area contributed by atoms with Crippen molar-refractivity contribution in [2.45, 2.75) is 24.8 Å². The van der Waals surface area contributed by atoms with Gasteiger partial charge in [-0.05, 0) is 50.2 Å². The smallest absolute Gasteiger partial charge is 0.269 e. The molecule has 0 atom stereocenters. The lowest BCUT2D eigenvalue weighted by Crippen LogP contribution is -2.33. The summed E-state index contributed by atoms with van der Waals surface area (Å²) in [6.45, 7) is 3.55. The second-order valence-electron chi connectivity index (χ2n) is 5.96. The van der Waals surface area contributed by atoms with E-state index in [2.05, 4.69) is 10.9 Å². The van der Waals surface area contributed by atoms with Crippen molar-refractivity contribution in [2.75, 3.05) is 12.5 Å². The maximum absolute atomic E-state index is 12.4. The minimum Gasteiger partial charge on any atom is -0.295 e. The largest absolute Gasteiger partial charge is 0.295 e. The molecule has 0 heterocycles. The Bertz CT molecular complexity index is 925. The van der Waals surface area contributed by atoms with Gasteiger partial charge in [0.05, 0.1) is 20.6 Å². The van der Waals surface area contributed by atoms with Gasteiger partial charge >= 0.3 is 0 Å². The summed E-state index contributed by atoms with van der Waals surface area (Å²) in [6, 6.07) is 8.38. The molecule has 0 saturated heterocycles. The van der Waals surface area contributed by atoms with E-state index >= 15 is 0 Å². The number of benzene rings is 2. The monoisotopic (exact) mass is 449 g/mol. The Hall–Kier alpha value is -1.51. The molecule has 0 radical (unpaired) electrons. The number of hydrazine groups is 1. The summed E-state index contributed by atoms with van der Waals surface area (Å²) in [6.07, 6.45) is 0. The van der Waals surface area contributed by atoms with Gasteiger partial charge in [-0.1, -0.05) is 34.8 Å². The molecular formula is C17H18Cl3N3O3S. The number of rotatable bonds is 6. The first kappa shape index (κ1) is 21.8. The van der Waals surface area contributed by atoms with Gasteiger partial charge in [-0.3, -0.25) is 15.6 Å². The maximum atomic E-state index is 12.4. The fourth-order valence-electron chi connectivity index (χ4n) is 2.08. The van der Waals surface area contributed by atoms with Crippen LogP contribution >= 0.6 is 34.8 Å². The van der Waals surface area contributed by atoms with Crippen LogP contribution in [-0.2, 0) is 10.0 Å². The normalized spacial score (nSPS) is 11.7. The van der Waals surface area contributed by atoms with Crippen molar-refractivity contribution in [3.05, 3.63) is 57.0 Å². The first-order valence-corrected chi connectivity index (χ1v) is 10.4. The van der Waals surface area contributed by atoms with E-state index in [9.17, 15) is 13.2 Å². The summed E-state index contributed by atoms with van der Waals surface area (Å²) in [5.74, 6) is -0.488. The summed E-state index contributed by atoms with van der Waals surface area (Å²) in [7, 11) is -2.11. The highest BCUT2D eigenvalue weighted by Crippen LogP contribution is 2.33. The van der Waals surface area contributed by atoms with E-state index in [1.165, 1.54) is 47.8 Å². The Morgan fingerprint density at radius 1 is 1.04 bits per heavy atom. The number of amides is 1. The van der Waals surface area contributed by atoms with Crippen molar-refractivity contribution >= 4 is 56.4 Å². The highest BCUT2D eigenvalue weighted by Gasteiger charge is 2.23. The molecule has 0 saturated carbocycles.